The highest BCUT2D eigenvalue weighted by Gasteiger charge is 2.82. The van der Waals surface area contributed by atoms with Gasteiger partial charge in [-0.05, 0) is 30.6 Å². The first-order valence-corrected chi connectivity index (χ1v) is 6.32. The van der Waals surface area contributed by atoms with E-state index in [4.69, 9.17) is 0 Å². The average Bonchev–Trinajstić information content (AvgIpc) is 2.96. The van der Waals surface area contributed by atoms with Gasteiger partial charge in [0, 0.05) is 0 Å². The van der Waals surface area contributed by atoms with Crippen LogP contribution in [0.4, 0.5) is 39.5 Å². The molecule has 0 spiro atoms. The van der Waals surface area contributed by atoms with Gasteiger partial charge >= 0.3 is 24.1 Å². The minimum Gasteiger partial charge on any atom is -0.315 e. The Morgan fingerprint density at radius 2 is 1.41 bits per heavy atom. The summed E-state index contributed by atoms with van der Waals surface area (Å²) in [5.74, 6) is -14.3. The number of rotatable bonds is 5. The molecule has 0 heterocycles. The van der Waals surface area contributed by atoms with E-state index in [1.165, 1.54) is 0 Å². The Morgan fingerprint density at radius 3 is 1.82 bits per heavy atom. The highest BCUT2D eigenvalue weighted by molar-refractivity contribution is 5.10. The Bertz CT molecular complexity index is 454. The van der Waals surface area contributed by atoms with Crippen LogP contribution in [0.2, 0.25) is 0 Å². The molecule has 2 aliphatic carbocycles. The van der Waals surface area contributed by atoms with E-state index >= 15 is 0 Å². The molecule has 2 rings (SSSR count). The van der Waals surface area contributed by atoms with Crippen molar-refractivity contribution in [3.05, 3.63) is 12.2 Å². The van der Waals surface area contributed by atoms with Gasteiger partial charge in [-0.25, -0.2) is 0 Å². The van der Waals surface area contributed by atoms with Gasteiger partial charge < -0.3 is 4.74 Å². The molecule has 2 aliphatic rings. The van der Waals surface area contributed by atoms with Crippen molar-refractivity contribution in [1.82, 2.24) is 0 Å². The molecule has 3 unspecified atom stereocenters. The maximum absolute atomic E-state index is 13.2. The first-order chi connectivity index (χ1) is 9.79. The van der Waals surface area contributed by atoms with Crippen LogP contribution >= 0.6 is 0 Å². The molecule has 0 aromatic heterocycles. The summed E-state index contributed by atoms with van der Waals surface area (Å²) in [6.07, 6.45) is -8.32. The fourth-order valence-corrected chi connectivity index (χ4v) is 2.75. The smallest absolute Gasteiger partial charge is 0.315 e. The van der Waals surface area contributed by atoms with Crippen LogP contribution in [0.3, 0.4) is 0 Å². The number of hydrogen-bond donors (Lipinski definition) is 0. The number of alkyl halides is 9. The van der Waals surface area contributed by atoms with Crippen molar-refractivity contribution in [3.8, 4) is 0 Å². The van der Waals surface area contributed by atoms with Gasteiger partial charge in [-0.1, -0.05) is 12.2 Å². The summed E-state index contributed by atoms with van der Waals surface area (Å²) < 4.78 is 117. The van der Waals surface area contributed by atoms with Gasteiger partial charge in [-0.3, -0.25) is 0 Å². The molecule has 1 fully saturated rings. The van der Waals surface area contributed by atoms with E-state index in [1.54, 1.807) is 6.08 Å². The van der Waals surface area contributed by atoms with Crippen molar-refractivity contribution in [2.45, 2.75) is 37.0 Å². The minimum atomic E-state index is -6.90. The van der Waals surface area contributed by atoms with Gasteiger partial charge in [0.25, 0.3) is 0 Å². The van der Waals surface area contributed by atoms with E-state index in [0.717, 1.165) is 0 Å². The third kappa shape index (κ3) is 2.59. The van der Waals surface area contributed by atoms with E-state index in [1.807, 2.05) is 6.08 Å². The summed E-state index contributed by atoms with van der Waals surface area (Å²) in [6.45, 7) is -1.01. The zero-order chi connectivity index (χ0) is 17.0. The molecule has 22 heavy (non-hydrogen) atoms. The van der Waals surface area contributed by atoms with Crippen LogP contribution in [0.15, 0.2) is 12.2 Å². The molecule has 0 N–H and O–H groups in total. The predicted molar refractivity (Wildman–Crippen MR) is 55.7 cm³/mol. The van der Waals surface area contributed by atoms with Crippen molar-refractivity contribution in [2.24, 2.45) is 17.8 Å². The first-order valence-electron chi connectivity index (χ1n) is 6.32. The summed E-state index contributed by atoms with van der Waals surface area (Å²) in [4.78, 5) is 0. The van der Waals surface area contributed by atoms with Crippen molar-refractivity contribution in [3.63, 3.8) is 0 Å². The molecule has 1 saturated carbocycles. The number of halogens is 9. The molecule has 128 valence electrons. The SMILES string of the molecule is FC(F)(F)C(F)(F)C(F)(F)C(F)(F)OCC1CC2C=CC1C2. The van der Waals surface area contributed by atoms with Gasteiger partial charge in [0.1, 0.15) is 0 Å². The van der Waals surface area contributed by atoms with Gasteiger partial charge in [0.2, 0.25) is 0 Å². The van der Waals surface area contributed by atoms with Crippen LogP contribution in [0.1, 0.15) is 12.8 Å². The first kappa shape index (κ1) is 17.4. The second kappa shape index (κ2) is 5.04. The van der Waals surface area contributed by atoms with Gasteiger partial charge in [0.05, 0.1) is 6.61 Å². The molecule has 2 bridgehead atoms. The molecule has 1 nitrogen and oxygen atoms in total. The molecule has 0 saturated heterocycles. The number of hydrogen-bond acceptors (Lipinski definition) is 1. The highest BCUT2D eigenvalue weighted by Crippen LogP contribution is 2.54. The monoisotopic (exact) mass is 342 g/mol. The van der Waals surface area contributed by atoms with E-state index in [0.29, 0.717) is 12.8 Å². The topological polar surface area (TPSA) is 9.23 Å². The Balaban J connectivity index is 2.06. The molecule has 3 atom stereocenters. The van der Waals surface area contributed by atoms with Crippen LogP contribution in [0.25, 0.3) is 0 Å². The van der Waals surface area contributed by atoms with E-state index < -0.39 is 36.7 Å². The Kier molecular flexibility index (Phi) is 3.99. The van der Waals surface area contributed by atoms with Crippen LogP contribution < -0.4 is 0 Å². The summed E-state index contributed by atoms with van der Waals surface area (Å²) in [7, 11) is 0. The molecule has 0 radical (unpaired) electrons. The Labute approximate surface area is 119 Å². The zero-order valence-corrected chi connectivity index (χ0v) is 10.8. The Morgan fingerprint density at radius 1 is 0.818 bits per heavy atom. The molecule has 0 aliphatic heterocycles. The summed E-state index contributed by atoms with van der Waals surface area (Å²) >= 11 is 0. The lowest BCUT2D eigenvalue weighted by atomic mass is 9.94. The fourth-order valence-electron chi connectivity index (χ4n) is 2.75. The van der Waals surface area contributed by atoms with Gasteiger partial charge in [-0.2, -0.15) is 39.5 Å². The highest BCUT2D eigenvalue weighted by atomic mass is 19.4. The molecule has 0 aromatic rings. The van der Waals surface area contributed by atoms with Crippen LogP contribution in [0.5, 0.6) is 0 Å². The maximum Gasteiger partial charge on any atom is 0.460 e. The lowest BCUT2D eigenvalue weighted by Crippen LogP contribution is -2.61. The number of ether oxygens (including phenoxy) is 1. The van der Waals surface area contributed by atoms with Crippen LogP contribution in [-0.4, -0.2) is 30.7 Å². The molecule has 10 heteroatoms. The standard InChI is InChI=1S/C12H11F9O/c13-9(14,11(17,18)19)10(15,16)12(20,21)22-5-8-4-6-1-2-7(8)3-6/h1-2,6-8H,3-5H2. The summed E-state index contributed by atoms with van der Waals surface area (Å²) in [6, 6.07) is 0. The molecule has 0 amide bonds. The average molecular weight is 342 g/mol. The molecular formula is C12H11F9O. The lowest BCUT2D eigenvalue weighted by molar-refractivity contribution is -0.445. The van der Waals surface area contributed by atoms with Gasteiger partial charge in [-0.15, -0.1) is 0 Å². The van der Waals surface area contributed by atoms with Crippen molar-refractivity contribution >= 4 is 0 Å². The number of allylic oxidation sites excluding steroid dienone is 2. The Hall–Kier alpha value is -0.930. The van der Waals surface area contributed by atoms with E-state index in [-0.39, 0.29) is 11.8 Å². The quantitative estimate of drug-likeness (QED) is 0.522. The van der Waals surface area contributed by atoms with Crippen LogP contribution in [0, 0.1) is 17.8 Å². The summed E-state index contributed by atoms with van der Waals surface area (Å²) in [5.41, 5.74) is 0. The van der Waals surface area contributed by atoms with Gasteiger partial charge in [0.15, 0.2) is 0 Å². The third-order valence-electron chi connectivity index (χ3n) is 4.01. The predicted octanol–water partition coefficient (Wildman–Crippen LogP) is 4.64. The third-order valence-corrected chi connectivity index (χ3v) is 4.01. The zero-order valence-electron chi connectivity index (χ0n) is 10.8. The normalized spacial score (nSPS) is 29.4. The molecular weight excluding hydrogens is 331 g/mol. The van der Waals surface area contributed by atoms with E-state index in [9.17, 15) is 39.5 Å². The van der Waals surface area contributed by atoms with Crippen molar-refractivity contribution in [1.29, 1.82) is 0 Å². The van der Waals surface area contributed by atoms with Crippen molar-refractivity contribution < 1.29 is 44.3 Å². The van der Waals surface area contributed by atoms with E-state index in [2.05, 4.69) is 4.74 Å². The summed E-state index contributed by atoms with van der Waals surface area (Å²) in [5, 5.41) is 0. The van der Waals surface area contributed by atoms with Crippen molar-refractivity contribution in [2.75, 3.05) is 6.61 Å². The second-order valence-corrected chi connectivity index (χ2v) is 5.51. The minimum absolute atomic E-state index is 0.0735. The second-order valence-electron chi connectivity index (χ2n) is 5.51. The van der Waals surface area contributed by atoms with Crippen LogP contribution in [-0.2, 0) is 4.74 Å². The molecule has 0 aromatic carbocycles. The lowest BCUT2D eigenvalue weighted by Gasteiger charge is -2.33. The largest absolute Gasteiger partial charge is 0.460 e. The maximum atomic E-state index is 13.2. The number of fused-ring (bicyclic) bond motifs is 2. The fraction of sp³-hybridized carbons (Fsp3) is 0.833.